The van der Waals surface area contributed by atoms with Crippen LogP contribution in [0.25, 0.3) is 0 Å². The number of morpholine rings is 1. The van der Waals surface area contributed by atoms with Crippen molar-refractivity contribution in [1.29, 1.82) is 0 Å². The monoisotopic (exact) mass is 220 g/mol. The normalized spacial score (nSPS) is 23.0. The van der Waals surface area contributed by atoms with E-state index in [4.69, 9.17) is 10.5 Å². The van der Waals surface area contributed by atoms with Crippen LogP contribution in [0, 0.1) is 6.92 Å². The molecular weight excluding hydrogens is 200 g/mol. The van der Waals surface area contributed by atoms with Gasteiger partial charge < -0.3 is 15.8 Å². The highest BCUT2D eigenvalue weighted by atomic mass is 16.5. The molecule has 1 aliphatic heterocycles. The standard InChI is InChI=1S/C13H20N2O/c1-10-2-4-11(5-3-10)13(14)8-12-9-16-7-6-15-12/h2-5,12-13,15H,6-9,14H2,1H3. The maximum absolute atomic E-state index is 6.18. The Bertz CT molecular complexity index is 317. The zero-order chi connectivity index (χ0) is 11.4. The van der Waals surface area contributed by atoms with E-state index in [0.29, 0.717) is 6.04 Å². The van der Waals surface area contributed by atoms with Crippen molar-refractivity contribution in [1.82, 2.24) is 5.32 Å². The van der Waals surface area contributed by atoms with E-state index in [1.807, 2.05) is 0 Å². The fourth-order valence-corrected chi connectivity index (χ4v) is 2.03. The number of ether oxygens (including phenoxy) is 1. The molecule has 16 heavy (non-hydrogen) atoms. The molecule has 1 heterocycles. The van der Waals surface area contributed by atoms with Gasteiger partial charge in [-0.05, 0) is 18.9 Å². The Kier molecular flexibility index (Phi) is 3.93. The van der Waals surface area contributed by atoms with Crippen LogP contribution in [0.1, 0.15) is 23.6 Å². The first-order chi connectivity index (χ1) is 7.75. The van der Waals surface area contributed by atoms with Gasteiger partial charge in [0.2, 0.25) is 0 Å². The molecule has 2 rings (SSSR count). The van der Waals surface area contributed by atoms with E-state index in [-0.39, 0.29) is 6.04 Å². The van der Waals surface area contributed by atoms with Gasteiger partial charge in [0.1, 0.15) is 0 Å². The van der Waals surface area contributed by atoms with Gasteiger partial charge in [-0.25, -0.2) is 0 Å². The molecule has 0 aromatic heterocycles. The Morgan fingerprint density at radius 3 is 2.81 bits per heavy atom. The molecule has 1 saturated heterocycles. The van der Waals surface area contributed by atoms with Gasteiger partial charge in [-0.3, -0.25) is 0 Å². The van der Waals surface area contributed by atoms with E-state index in [2.05, 4.69) is 36.5 Å². The van der Waals surface area contributed by atoms with Crippen LogP contribution in [0.3, 0.4) is 0 Å². The maximum Gasteiger partial charge on any atom is 0.0620 e. The van der Waals surface area contributed by atoms with E-state index in [9.17, 15) is 0 Å². The van der Waals surface area contributed by atoms with Crippen molar-refractivity contribution in [2.45, 2.75) is 25.4 Å². The number of nitrogens with one attached hydrogen (secondary N) is 1. The molecule has 0 saturated carbocycles. The van der Waals surface area contributed by atoms with Crippen molar-refractivity contribution in [3.8, 4) is 0 Å². The van der Waals surface area contributed by atoms with Crippen LogP contribution in [0.4, 0.5) is 0 Å². The molecule has 0 bridgehead atoms. The summed E-state index contributed by atoms with van der Waals surface area (Å²) in [5.41, 5.74) is 8.66. The van der Waals surface area contributed by atoms with Crippen molar-refractivity contribution in [3.63, 3.8) is 0 Å². The summed E-state index contributed by atoms with van der Waals surface area (Å²) in [6.45, 7) is 4.62. The molecular formula is C13H20N2O. The summed E-state index contributed by atoms with van der Waals surface area (Å²) in [5, 5.41) is 3.43. The van der Waals surface area contributed by atoms with Gasteiger partial charge in [-0.1, -0.05) is 29.8 Å². The van der Waals surface area contributed by atoms with Crippen LogP contribution in [0.5, 0.6) is 0 Å². The van der Waals surface area contributed by atoms with E-state index in [0.717, 1.165) is 26.2 Å². The summed E-state index contributed by atoms with van der Waals surface area (Å²) >= 11 is 0. The third-order valence-electron chi connectivity index (χ3n) is 3.04. The lowest BCUT2D eigenvalue weighted by atomic mass is 9.99. The van der Waals surface area contributed by atoms with Crippen LogP contribution in [0.2, 0.25) is 0 Å². The highest BCUT2D eigenvalue weighted by Gasteiger charge is 2.17. The van der Waals surface area contributed by atoms with Crippen LogP contribution < -0.4 is 11.1 Å². The minimum absolute atomic E-state index is 0.0970. The molecule has 3 heteroatoms. The van der Waals surface area contributed by atoms with Gasteiger partial charge in [0, 0.05) is 18.6 Å². The highest BCUT2D eigenvalue weighted by Crippen LogP contribution is 2.17. The van der Waals surface area contributed by atoms with Gasteiger partial charge >= 0.3 is 0 Å². The van der Waals surface area contributed by atoms with Crippen molar-refractivity contribution in [2.24, 2.45) is 5.73 Å². The number of aryl methyl sites for hydroxylation is 1. The molecule has 88 valence electrons. The minimum Gasteiger partial charge on any atom is -0.379 e. The first kappa shape index (κ1) is 11.6. The Hall–Kier alpha value is -0.900. The van der Waals surface area contributed by atoms with Gasteiger partial charge in [-0.15, -0.1) is 0 Å². The Morgan fingerprint density at radius 2 is 2.19 bits per heavy atom. The second-order valence-corrected chi connectivity index (χ2v) is 4.48. The lowest BCUT2D eigenvalue weighted by molar-refractivity contribution is 0.0720. The smallest absolute Gasteiger partial charge is 0.0620 e. The summed E-state index contributed by atoms with van der Waals surface area (Å²) in [5.74, 6) is 0. The van der Waals surface area contributed by atoms with Gasteiger partial charge in [0.05, 0.1) is 13.2 Å². The molecule has 2 atom stereocenters. The molecule has 0 radical (unpaired) electrons. The molecule has 0 amide bonds. The minimum atomic E-state index is 0.0970. The molecule has 0 spiro atoms. The van der Waals surface area contributed by atoms with E-state index in [1.165, 1.54) is 11.1 Å². The molecule has 1 fully saturated rings. The third-order valence-corrected chi connectivity index (χ3v) is 3.04. The van der Waals surface area contributed by atoms with Crippen LogP contribution in [0.15, 0.2) is 24.3 Å². The summed E-state index contributed by atoms with van der Waals surface area (Å²) in [6, 6.07) is 8.94. The van der Waals surface area contributed by atoms with Gasteiger partial charge in [0.25, 0.3) is 0 Å². The Balaban J connectivity index is 1.91. The zero-order valence-corrected chi connectivity index (χ0v) is 9.78. The van der Waals surface area contributed by atoms with Crippen molar-refractivity contribution < 1.29 is 4.74 Å². The van der Waals surface area contributed by atoms with Gasteiger partial charge in [0.15, 0.2) is 0 Å². The Morgan fingerprint density at radius 1 is 1.44 bits per heavy atom. The van der Waals surface area contributed by atoms with E-state index < -0.39 is 0 Å². The van der Waals surface area contributed by atoms with Crippen molar-refractivity contribution >= 4 is 0 Å². The average molecular weight is 220 g/mol. The molecule has 3 N–H and O–H groups in total. The fourth-order valence-electron chi connectivity index (χ4n) is 2.03. The first-order valence-electron chi connectivity index (χ1n) is 5.89. The predicted molar refractivity (Wildman–Crippen MR) is 65.3 cm³/mol. The number of hydrogen-bond donors (Lipinski definition) is 2. The second-order valence-electron chi connectivity index (χ2n) is 4.48. The number of nitrogens with two attached hydrogens (primary N) is 1. The summed E-state index contributed by atoms with van der Waals surface area (Å²) in [7, 11) is 0. The molecule has 2 unspecified atom stereocenters. The zero-order valence-electron chi connectivity index (χ0n) is 9.78. The molecule has 0 aliphatic carbocycles. The number of rotatable bonds is 3. The van der Waals surface area contributed by atoms with Crippen molar-refractivity contribution in [2.75, 3.05) is 19.8 Å². The number of benzene rings is 1. The van der Waals surface area contributed by atoms with Crippen LogP contribution in [-0.4, -0.2) is 25.8 Å². The summed E-state index contributed by atoms with van der Waals surface area (Å²) in [6.07, 6.45) is 0.934. The van der Waals surface area contributed by atoms with Crippen LogP contribution >= 0.6 is 0 Å². The van der Waals surface area contributed by atoms with Crippen LogP contribution in [-0.2, 0) is 4.74 Å². The Labute approximate surface area is 97.0 Å². The van der Waals surface area contributed by atoms with Gasteiger partial charge in [-0.2, -0.15) is 0 Å². The molecule has 1 aromatic rings. The lowest BCUT2D eigenvalue weighted by Gasteiger charge is -2.26. The fraction of sp³-hybridized carbons (Fsp3) is 0.538. The quantitative estimate of drug-likeness (QED) is 0.809. The second kappa shape index (κ2) is 5.43. The van der Waals surface area contributed by atoms with E-state index >= 15 is 0 Å². The topological polar surface area (TPSA) is 47.3 Å². The predicted octanol–water partition coefficient (Wildman–Crippen LogP) is 1.37. The van der Waals surface area contributed by atoms with E-state index in [1.54, 1.807) is 0 Å². The maximum atomic E-state index is 6.18. The average Bonchev–Trinajstić information content (AvgIpc) is 2.31. The lowest BCUT2D eigenvalue weighted by Crippen LogP contribution is -2.42. The molecule has 1 aromatic carbocycles. The highest BCUT2D eigenvalue weighted by molar-refractivity contribution is 5.23. The van der Waals surface area contributed by atoms with Crippen molar-refractivity contribution in [3.05, 3.63) is 35.4 Å². The molecule has 3 nitrogen and oxygen atoms in total. The number of hydrogen-bond acceptors (Lipinski definition) is 3. The third kappa shape index (κ3) is 3.04. The SMILES string of the molecule is Cc1ccc(C(N)CC2COCCN2)cc1. The summed E-state index contributed by atoms with van der Waals surface area (Å²) < 4.78 is 5.42. The molecule has 1 aliphatic rings. The largest absolute Gasteiger partial charge is 0.379 e. The first-order valence-corrected chi connectivity index (χ1v) is 5.89. The summed E-state index contributed by atoms with van der Waals surface area (Å²) in [4.78, 5) is 0.